The number of aliphatic hydroxyl groups excluding tert-OH is 2. The average Bonchev–Trinajstić information content (AvgIpc) is 2.15. The van der Waals surface area contributed by atoms with E-state index < -0.39 is 18.1 Å². The molecule has 7 N–H and O–H groups in total. The first-order chi connectivity index (χ1) is 7.41. The molecule has 1 aromatic rings. The number of rotatable bonds is 4. The van der Waals surface area contributed by atoms with Gasteiger partial charge in [0.05, 0.1) is 12.5 Å². The molecule has 0 bridgehead atoms. The van der Waals surface area contributed by atoms with Crippen LogP contribution in [0.15, 0.2) is 18.2 Å². The van der Waals surface area contributed by atoms with Crippen LogP contribution in [0.3, 0.4) is 0 Å². The summed E-state index contributed by atoms with van der Waals surface area (Å²) in [5.74, 6) is -0.762. The summed E-state index contributed by atoms with van der Waals surface area (Å²) in [7, 11) is 0. The van der Waals surface area contributed by atoms with Crippen molar-refractivity contribution in [1.29, 1.82) is 0 Å². The number of nitrogens with two attached hydrogens (primary N) is 2. The molecule has 0 saturated carbocycles. The molecule has 0 radical (unpaired) electrons. The van der Waals surface area contributed by atoms with Gasteiger partial charge in [-0.2, -0.15) is 0 Å². The number of amides is 1. The van der Waals surface area contributed by atoms with Crippen LogP contribution in [0.4, 0.5) is 5.69 Å². The number of benzene rings is 1. The van der Waals surface area contributed by atoms with Crippen molar-refractivity contribution in [3.05, 3.63) is 23.8 Å². The molecule has 0 spiro atoms. The Morgan fingerprint density at radius 3 is 2.50 bits per heavy atom. The first-order valence-corrected chi connectivity index (χ1v) is 4.64. The van der Waals surface area contributed by atoms with Crippen LogP contribution in [0.5, 0.6) is 5.75 Å². The van der Waals surface area contributed by atoms with E-state index in [9.17, 15) is 15.0 Å². The van der Waals surface area contributed by atoms with Crippen LogP contribution >= 0.6 is 0 Å². The average molecular weight is 226 g/mol. The molecule has 2 unspecified atom stereocenters. The standard InChI is InChI=1S/C10H14N2O4/c11-7-3-5(13)1-2-6(7)10(16)8(14)4-9(12)15/h1-3,8,10,13-14,16H,4,11H2,(H2,12,15). The molecule has 0 aliphatic heterocycles. The van der Waals surface area contributed by atoms with Gasteiger partial charge < -0.3 is 26.8 Å². The molecular formula is C10H14N2O4. The molecule has 0 saturated heterocycles. The van der Waals surface area contributed by atoms with E-state index >= 15 is 0 Å². The van der Waals surface area contributed by atoms with Gasteiger partial charge in [0, 0.05) is 17.3 Å². The molecule has 0 aromatic heterocycles. The highest BCUT2D eigenvalue weighted by atomic mass is 16.3. The van der Waals surface area contributed by atoms with Crippen LogP contribution in [0.2, 0.25) is 0 Å². The molecule has 0 fully saturated rings. The van der Waals surface area contributed by atoms with E-state index in [-0.39, 0.29) is 23.4 Å². The zero-order valence-electron chi connectivity index (χ0n) is 8.50. The van der Waals surface area contributed by atoms with Gasteiger partial charge in [0.2, 0.25) is 5.91 Å². The minimum atomic E-state index is -1.32. The van der Waals surface area contributed by atoms with Gasteiger partial charge in [0.1, 0.15) is 11.9 Å². The lowest BCUT2D eigenvalue weighted by atomic mass is 10.00. The molecule has 2 atom stereocenters. The first-order valence-electron chi connectivity index (χ1n) is 4.64. The molecule has 0 aliphatic rings. The quantitative estimate of drug-likeness (QED) is 0.431. The lowest BCUT2D eigenvalue weighted by molar-refractivity contribution is -0.121. The van der Waals surface area contributed by atoms with Gasteiger partial charge in [-0.25, -0.2) is 0 Å². The van der Waals surface area contributed by atoms with E-state index in [1.165, 1.54) is 18.2 Å². The number of carbonyl (C=O) groups excluding carboxylic acids is 1. The van der Waals surface area contributed by atoms with E-state index in [4.69, 9.17) is 16.6 Å². The van der Waals surface area contributed by atoms with E-state index in [0.29, 0.717) is 0 Å². The second-order valence-corrected chi connectivity index (χ2v) is 3.50. The zero-order valence-corrected chi connectivity index (χ0v) is 8.50. The highest BCUT2D eigenvalue weighted by Gasteiger charge is 2.22. The maximum Gasteiger partial charge on any atom is 0.220 e. The smallest absolute Gasteiger partial charge is 0.220 e. The Kier molecular flexibility index (Phi) is 3.70. The summed E-state index contributed by atoms with van der Waals surface area (Å²) in [6.07, 6.45) is -2.99. The number of aliphatic hydroxyl groups is 2. The summed E-state index contributed by atoms with van der Waals surface area (Å²) in [5.41, 5.74) is 10.8. The summed E-state index contributed by atoms with van der Waals surface area (Å²) >= 11 is 0. The van der Waals surface area contributed by atoms with Crippen LogP contribution in [0, 0.1) is 0 Å². The predicted octanol–water partition coefficient (Wildman–Crippen LogP) is -0.756. The van der Waals surface area contributed by atoms with Gasteiger partial charge in [0.15, 0.2) is 0 Å². The van der Waals surface area contributed by atoms with Crippen LogP contribution in [0.25, 0.3) is 0 Å². The van der Waals surface area contributed by atoms with E-state index in [0.717, 1.165) is 0 Å². The molecular weight excluding hydrogens is 212 g/mol. The summed E-state index contributed by atoms with van der Waals surface area (Å²) in [4.78, 5) is 10.6. The minimum Gasteiger partial charge on any atom is -0.508 e. The van der Waals surface area contributed by atoms with Crippen molar-refractivity contribution >= 4 is 11.6 Å². The minimum absolute atomic E-state index is 0.0437. The van der Waals surface area contributed by atoms with Crippen molar-refractivity contribution in [2.75, 3.05) is 5.73 Å². The Bertz CT molecular complexity index is 394. The highest BCUT2D eigenvalue weighted by molar-refractivity contribution is 5.74. The van der Waals surface area contributed by atoms with Crippen LogP contribution in [-0.4, -0.2) is 27.3 Å². The van der Waals surface area contributed by atoms with Crippen molar-refractivity contribution in [1.82, 2.24) is 0 Å². The number of aromatic hydroxyl groups is 1. The van der Waals surface area contributed by atoms with Crippen molar-refractivity contribution in [2.45, 2.75) is 18.6 Å². The van der Waals surface area contributed by atoms with Gasteiger partial charge >= 0.3 is 0 Å². The molecule has 6 heteroatoms. The van der Waals surface area contributed by atoms with Crippen LogP contribution in [-0.2, 0) is 4.79 Å². The van der Waals surface area contributed by atoms with Crippen LogP contribution < -0.4 is 11.5 Å². The van der Waals surface area contributed by atoms with Gasteiger partial charge in [-0.05, 0) is 6.07 Å². The fourth-order valence-electron chi connectivity index (χ4n) is 1.36. The first kappa shape index (κ1) is 12.3. The SMILES string of the molecule is NC(=O)CC(O)C(O)c1ccc(O)cc1N. The number of primary amides is 1. The number of anilines is 1. The summed E-state index contributed by atoms with van der Waals surface area (Å²) in [5, 5.41) is 28.3. The third-order valence-electron chi connectivity index (χ3n) is 2.16. The fourth-order valence-corrected chi connectivity index (χ4v) is 1.36. The molecule has 16 heavy (non-hydrogen) atoms. The third kappa shape index (κ3) is 2.85. The lowest BCUT2D eigenvalue weighted by Crippen LogP contribution is -2.26. The molecule has 1 rings (SSSR count). The Morgan fingerprint density at radius 1 is 1.38 bits per heavy atom. The second-order valence-electron chi connectivity index (χ2n) is 3.50. The van der Waals surface area contributed by atoms with Gasteiger partial charge in [-0.3, -0.25) is 4.79 Å². The molecule has 88 valence electrons. The Hall–Kier alpha value is -1.79. The van der Waals surface area contributed by atoms with E-state index in [1.54, 1.807) is 0 Å². The summed E-state index contributed by atoms with van der Waals surface area (Å²) in [6.45, 7) is 0. The molecule has 0 heterocycles. The van der Waals surface area contributed by atoms with Crippen molar-refractivity contribution in [2.24, 2.45) is 5.73 Å². The Morgan fingerprint density at radius 2 is 2.00 bits per heavy atom. The normalized spacial score (nSPS) is 14.4. The highest BCUT2D eigenvalue weighted by Crippen LogP contribution is 2.27. The summed E-state index contributed by atoms with van der Waals surface area (Å²) in [6, 6.07) is 3.95. The second kappa shape index (κ2) is 4.82. The Labute approximate surface area is 92.1 Å². The monoisotopic (exact) mass is 226 g/mol. The fraction of sp³-hybridized carbons (Fsp3) is 0.300. The molecule has 6 nitrogen and oxygen atoms in total. The number of nitrogen functional groups attached to an aromatic ring is 1. The van der Waals surface area contributed by atoms with Crippen LogP contribution in [0.1, 0.15) is 18.1 Å². The Balaban J connectivity index is 2.87. The third-order valence-corrected chi connectivity index (χ3v) is 2.16. The molecule has 1 aromatic carbocycles. The number of phenols is 1. The predicted molar refractivity (Wildman–Crippen MR) is 57.3 cm³/mol. The van der Waals surface area contributed by atoms with E-state index in [2.05, 4.69) is 0 Å². The van der Waals surface area contributed by atoms with Gasteiger partial charge in [0.25, 0.3) is 0 Å². The largest absolute Gasteiger partial charge is 0.508 e. The number of hydrogen-bond acceptors (Lipinski definition) is 5. The number of hydrogen-bond donors (Lipinski definition) is 5. The molecule has 0 aliphatic carbocycles. The van der Waals surface area contributed by atoms with Crippen molar-refractivity contribution in [3.8, 4) is 5.75 Å². The van der Waals surface area contributed by atoms with Crippen molar-refractivity contribution < 1.29 is 20.1 Å². The maximum absolute atomic E-state index is 10.6. The van der Waals surface area contributed by atoms with Crippen molar-refractivity contribution in [3.63, 3.8) is 0 Å². The lowest BCUT2D eigenvalue weighted by Gasteiger charge is -2.18. The summed E-state index contributed by atoms with van der Waals surface area (Å²) < 4.78 is 0. The topological polar surface area (TPSA) is 130 Å². The van der Waals surface area contributed by atoms with E-state index in [1.807, 2.05) is 0 Å². The molecule has 1 amide bonds. The maximum atomic E-state index is 10.6. The zero-order chi connectivity index (χ0) is 12.3. The van der Waals surface area contributed by atoms with Gasteiger partial charge in [-0.15, -0.1) is 0 Å². The number of phenolic OH excluding ortho intramolecular Hbond substituents is 1. The van der Waals surface area contributed by atoms with Gasteiger partial charge in [-0.1, -0.05) is 6.07 Å². The number of carbonyl (C=O) groups is 1.